The molecule has 1 N–H and O–H groups in total. The zero-order valence-corrected chi connectivity index (χ0v) is 18.5. The van der Waals surface area contributed by atoms with Crippen LogP contribution in [-0.4, -0.2) is 15.3 Å². The predicted octanol–water partition coefficient (Wildman–Crippen LogP) is 5.18. The van der Waals surface area contributed by atoms with E-state index in [9.17, 15) is 9.59 Å². The fraction of sp³-hybridized carbons (Fsp3) is 0.208. The van der Waals surface area contributed by atoms with E-state index in [1.807, 2.05) is 42.5 Å². The van der Waals surface area contributed by atoms with Gasteiger partial charge in [-0.1, -0.05) is 30.3 Å². The van der Waals surface area contributed by atoms with Crippen molar-refractivity contribution in [2.24, 2.45) is 0 Å². The van der Waals surface area contributed by atoms with E-state index >= 15 is 0 Å². The summed E-state index contributed by atoms with van der Waals surface area (Å²) in [7, 11) is 0. The van der Waals surface area contributed by atoms with Crippen LogP contribution in [0.25, 0.3) is 4.96 Å². The van der Waals surface area contributed by atoms with Gasteiger partial charge in [0, 0.05) is 32.8 Å². The minimum atomic E-state index is -0.143. The number of nitrogens with one attached hydrogen (secondary N) is 1. The Morgan fingerprint density at radius 2 is 1.84 bits per heavy atom. The number of aromatic nitrogens is 2. The van der Waals surface area contributed by atoms with E-state index < -0.39 is 0 Å². The van der Waals surface area contributed by atoms with Crippen molar-refractivity contribution >= 4 is 39.7 Å². The molecule has 31 heavy (non-hydrogen) atoms. The van der Waals surface area contributed by atoms with Gasteiger partial charge in [-0.25, -0.2) is 4.98 Å². The van der Waals surface area contributed by atoms with E-state index in [4.69, 9.17) is 4.98 Å². The normalized spacial score (nSPS) is 13.2. The molecule has 5 rings (SSSR count). The average Bonchev–Trinajstić information content (AvgIpc) is 3.18. The van der Waals surface area contributed by atoms with Gasteiger partial charge in [0.15, 0.2) is 4.96 Å². The topological polar surface area (TPSA) is 63.5 Å². The molecule has 0 saturated heterocycles. The average molecular weight is 448 g/mol. The van der Waals surface area contributed by atoms with Crippen LogP contribution < -0.4 is 10.9 Å². The molecule has 0 fully saturated rings. The second-order valence-corrected chi connectivity index (χ2v) is 9.57. The van der Waals surface area contributed by atoms with Gasteiger partial charge in [-0.2, -0.15) is 0 Å². The molecule has 7 heteroatoms. The minimum Gasteiger partial charge on any atom is -0.321 e. The van der Waals surface area contributed by atoms with Crippen molar-refractivity contribution in [3.8, 4) is 0 Å². The summed E-state index contributed by atoms with van der Waals surface area (Å²) in [6.45, 7) is 0. The molecule has 0 unspecified atom stereocenters. The number of rotatable bonds is 5. The highest BCUT2D eigenvalue weighted by molar-refractivity contribution is 7.98. The molecular weight excluding hydrogens is 426 g/mol. The Labute approximate surface area is 188 Å². The number of aryl methyl sites for hydroxylation is 2. The Bertz CT molecular complexity index is 1310. The van der Waals surface area contributed by atoms with Gasteiger partial charge in [0.25, 0.3) is 11.5 Å². The summed E-state index contributed by atoms with van der Waals surface area (Å²) in [5.74, 6) is 0.419. The van der Waals surface area contributed by atoms with Gasteiger partial charge >= 0.3 is 0 Å². The minimum absolute atomic E-state index is 0.00525. The number of thioether (sulfide) groups is 1. The molecule has 0 saturated carbocycles. The van der Waals surface area contributed by atoms with Crippen LogP contribution >= 0.6 is 23.1 Å². The summed E-state index contributed by atoms with van der Waals surface area (Å²) in [4.78, 5) is 33.1. The summed E-state index contributed by atoms with van der Waals surface area (Å²) in [5.41, 5.74) is 3.29. The van der Waals surface area contributed by atoms with Gasteiger partial charge in [-0.3, -0.25) is 14.0 Å². The van der Waals surface area contributed by atoms with E-state index in [1.54, 1.807) is 45.7 Å². The molecule has 0 bridgehead atoms. The number of amides is 1. The summed E-state index contributed by atoms with van der Waals surface area (Å²) < 4.78 is 1.79. The Morgan fingerprint density at radius 3 is 2.71 bits per heavy atom. The highest BCUT2D eigenvalue weighted by Crippen LogP contribution is 2.31. The molecule has 2 aromatic carbocycles. The maximum Gasteiger partial charge on any atom is 0.259 e. The Balaban J connectivity index is 1.36. The number of anilines is 1. The van der Waals surface area contributed by atoms with Gasteiger partial charge in [-0.05, 0) is 49.9 Å². The summed E-state index contributed by atoms with van der Waals surface area (Å²) in [5, 5.41) is 2.99. The monoisotopic (exact) mass is 447 g/mol. The molecule has 0 atom stereocenters. The first-order valence-corrected chi connectivity index (χ1v) is 12.1. The van der Waals surface area contributed by atoms with Crippen LogP contribution in [-0.2, 0) is 18.6 Å². The van der Waals surface area contributed by atoms with Crippen molar-refractivity contribution in [3.05, 3.63) is 92.8 Å². The number of thiazole rings is 1. The number of hydrogen-bond acceptors (Lipinski definition) is 5. The first-order valence-electron chi connectivity index (χ1n) is 10.3. The Hall–Kier alpha value is -2.90. The molecule has 0 spiro atoms. The molecule has 0 radical (unpaired) electrons. The van der Waals surface area contributed by atoms with Gasteiger partial charge in [0.1, 0.15) is 0 Å². The molecule has 1 amide bonds. The quantitative estimate of drug-likeness (QED) is 0.428. The van der Waals surface area contributed by atoms with Crippen LogP contribution in [0.4, 0.5) is 5.69 Å². The second kappa shape index (κ2) is 8.69. The van der Waals surface area contributed by atoms with E-state index in [-0.39, 0.29) is 11.5 Å². The molecule has 0 aliphatic heterocycles. The van der Waals surface area contributed by atoms with Crippen LogP contribution in [0.5, 0.6) is 0 Å². The zero-order chi connectivity index (χ0) is 21.2. The number of carbonyl (C=O) groups excluding carboxylic acids is 1. The smallest absolute Gasteiger partial charge is 0.259 e. The molecule has 156 valence electrons. The van der Waals surface area contributed by atoms with Crippen molar-refractivity contribution in [1.29, 1.82) is 0 Å². The predicted molar refractivity (Wildman–Crippen MR) is 126 cm³/mol. The maximum atomic E-state index is 12.8. The van der Waals surface area contributed by atoms with Gasteiger partial charge in [-0.15, -0.1) is 23.1 Å². The number of nitrogens with zero attached hydrogens (tertiary/aromatic N) is 2. The van der Waals surface area contributed by atoms with Crippen LogP contribution in [0.1, 0.15) is 39.5 Å². The fourth-order valence-electron chi connectivity index (χ4n) is 3.85. The largest absolute Gasteiger partial charge is 0.321 e. The summed E-state index contributed by atoms with van der Waals surface area (Å²) >= 11 is 3.21. The SMILES string of the molecule is O=C(Nc1ccccc1SCc1cc(=O)n2c3c(sc2n1)CCCC3)c1ccccc1. The lowest BCUT2D eigenvalue weighted by Gasteiger charge is -2.11. The number of carbonyl (C=O) groups is 1. The van der Waals surface area contributed by atoms with Gasteiger partial charge < -0.3 is 5.32 Å². The lowest BCUT2D eigenvalue weighted by molar-refractivity contribution is 0.102. The fourth-order valence-corrected chi connectivity index (χ4v) is 5.98. The number of fused-ring (bicyclic) bond motifs is 3. The molecule has 5 nitrogen and oxygen atoms in total. The molecule has 2 heterocycles. The van der Waals surface area contributed by atoms with Crippen molar-refractivity contribution in [2.75, 3.05) is 5.32 Å². The van der Waals surface area contributed by atoms with E-state index in [0.29, 0.717) is 11.3 Å². The van der Waals surface area contributed by atoms with Crippen molar-refractivity contribution in [2.45, 2.75) is 36.3 Å². The first-order chi connectivity index (χ1) is 15.2. The number of benzene rings is 2. The standard InChI is InChI=1S/C24H21N3O2S2/c28-22-14-17(25-24-27(22)19-11-5-7-13-21(19)31-24)15-30-20-12-6-4-10-18(20)26-23(29)16-8-2-1-3-9-16/h1-4,6,8-10,12,14H,5,7,11,13,15H2,(H,26,29). The summed E-state index contributed by atoms with van der Waals surface area (Å²) in [6, 6.07) is 18.5. The first kappa shape index (κ1) is 20.0. The summed E-state index contributed by atoms with van der Waals surface area (Å²) in [6.07, 6.45) is 4.32. The lowest BCUT2D eigenvalue weighted by atomic mass is 10.0. The third-order valence-corrected chi connectivity index (χ3v) is 7.61. The molecule has 1 aliphatic carbocycles. The Kier molecular flexibility index (Phi) is 5.61. The number of para-hydroxylation sites is 1. The van der Waals surface area contributed by atoms with Crippen LogP contribution in [0.2, 0.25) is 0 Å². The highest BCUT2D eigenvalue weighted by atomic mass is 32.2. The molecule has 2 aromatic heterocycles. The van der Waals surface area contributed by atoms with Crippen molar-refractivity contribution in [1.82, 2.24) is 9.38 Å². The van der Waals surface area contributed by atoms with Crippen LogP contribution in [0.3, 0.4) is 0 Å². The molecule has 4 aromatic rings. The lowest BCUT2D eigenvalue weighted by Crippen LogP contribution is -2.17. The zero-order valence-electron chi connectivity index (χ0n) is 16.8. The van der Waals surface area contributed by atoms with Crippen molar-refractivity contribution in [3.63, 3.8) is 0 Å². The maximum absolute atomic E-state index is 12.8. The van der Waals surface area contributed by atoms with E-state index in [1.165, 1.54) is 11.3 Å². The molecular formula is C24H21N3O2S2. The van der Waals surface area contributed by atoms with E-state index in [2.05, 4.69) is 5.32 Å². The van der Waals surface area contributed by atoms with E-state index in [0.717, 1.165) is 46.2 Å². The van der Waals surface area contributed by atoms with Crippen molar-refractivity contribution < 1.29 is 4.79 Å². The van der Waals surface area contributed by atoms with Gasteiger partial charge in [0.2, 0.25) is 0 Å². The number of hydrogen-bond donors (Lipinski definition) is 1. The third kappa shape index (κ3) is 4.16. The van der Waals surface area contributed by atoms with Crippen LogP contribution in [0, 0.1) is 0 Å². The third-order valence-electron chi connectivity index (χ3n) is 5.36. The Morgan fingerprint density at radius 1 is 1.06 bits per heavy atom. The molecule has 1 aliphatic rings. The van der Waals surface area contributed by atoms with Gasteiger partial charge in [0.05, 0.1) is 11.4 Å². The highest BCUT2D eigenvalue weighted by Gasteiger charge is 2.18. The second-order valence-electron chi connectivity index (χ2n) is 7.49. The van der Waals surface area contributed by atoms with Crippen LogP contribution in [0.15, 0.2) is 70.4 Å².